The molecule has 0 bridgehead atoms. The summed E-state index contributed by atoms with van der Waals surface area (Å²) in [6, 6.07) is 0. The minimum atomic E-state index is -1.01. The first-order chi connectivity index (χ1) is 23.0. The van der Waals surface area contributed by atoms with Gasteiger partial charge in [0, 0.05) is 12.8 Å². The predicted molar refractivity (Wildman–Crippen MR) is 199 cm³/mol. The number of hydrogen-bond donors (Lipinski definition) is 2. The van der Waals surface area contributed by atoms with Gasteiger partial charge in [-0.25, -0.2) is 0 Å². The largest absolute Gasteiger partial charge is 0.480 e. The van der Waals surface area contributed by atoms with E-state index in [-0.39, 0.29) is 24.5 Å². The SMILES string of the molecule is CCCCCCCCCCCCCCCCC(CCCCCCCC(=O)NCC(=O)O)OC(=O)CCCCCCCCCCCCC. The number of aliphatic carboxylic acids is 1. The Hall–Kier alpha value is -1.59. The molecule has 1 unspecified atom stereocenters. The highest BCUT2D eigenvalue weighted by Crippen LogP contribution is 2.19. The molecule has 1 atom stereocenters. The standard InChI is InChI=1S/C41H79NO5/c1-3-5-7-9-11-13-15-16-17-19-20-22-25-29-33-38(34-30-26-24-27-31-35-39(43)42-37-40(44)45)47-41(46)36-32-28-23-21-18-14-12-10-8-6-4-2/h38H,3-37H2,1-2H3,(H,42,43)(H,44,45). The van der Waals surface area contributed by atoms with Crippen LogP contribution in [0.1, 0.15) is 232 Å². The Labute approximate surface area is 291 Å². The molecule has 2 N–H and O–H groups in total. The van der Waals surface area contributed by atoms with Crippen molar-refractivity contribution < 1.29 is 24.2 Å². The molecule has 47 heavy (non-hydrogen) atoms. The van der Waals surface area contributed by atoms with Crippen LogP contribution < -0.4 is 5.32 Å². The van der Waals surface area contributed by atoms with Gasteiger partial charge in [0.1, 0.15) is 12.6 Å². The Morgan fingerprint density at radius 1 is 0.468 bits per heavy atom. The van der Waals surface area contributed by atoms with E-state index >= 15 is 0 Å². The van der Waals surface area contributed by atoms with Crippen molar-refractivity contribution in [2.45, 2.75) is 238 Å². The van der Waals surface area contributed by atoms with E-state index in [2.05, 4.69) is 19.2 Å². The molecule has 0 fully saturated rings. The molecule has 0 aliphatic rings. The average Bonchev–Trinajstić information content (AvgIpc) is 3.05. The molecule has 0 aliphatic carbocycles. The molecule has 0 spiro atoms. The van der Waals surface area contributed by atoms with Crippen LogP contribution in [0.4, 0.5) is 0 Å². The van der Waals surface area contributed by atoms with E-state index in [0.717, 1.165) is 64.2 Å². The number of carboxylic acids is 1. The molecule has 278 valence electrons. The predicted octanol–water partition coefficient (Wildman–Crippen LogP) is 12.4. The van der Waals surface area contributed by atoms with Crippen molar-refractivity contribution in [3.63, 3.8) is 0 Å². The number of hydrogen-bond acceptors (Lipinski definition) is 4. The fraction of sp³-hybridized carbons (Fsp3) is 0.927. The van der Waals surface area contributed by atoms with Crippen LogP contribution in [0.3, 0.4) is 0 Å². The summed E-state index contributed by atoms with van der Waals surface area (Å²) in [5.74, 6) is -1.21. The zero-order chi connectivity index (χ0) is 34.5. The van der Waals surface area contributed by atoms with Crippen molar-refractivity contribution >= 4 is 17.8 Å². The number of nitrogens with one attached hydrogen (secondary N) is 1. The minimum absolute atomic E-state index is 0.0105. The van der Waals surface area contributed by atoms with Crippen molar-refractivity contribution in [3.05, 3.63) is 0 Å². The van der Waals surface area contributed by atoms with E-state index in [0.29, 0.717) is 12.8 Å². The fourth-order valence-electron chi connectivity index (χ4n) is 6.46. The van der Waals surface area contributed by atoms with Gasteiger partial charge in [-0.05, 0) is 38.5 Å². The molecule has 0 aromatic heterocycles. The van der Waals surface area contributed by atoms with Crippen molar-refractivity contribution in [3.8, 4) is 0 Å². The second kappa shape index (κ2) is 37.2. The second-order valence-electron chi connectivity index (χ2n) is 14.3. The molecule has 0 saturated heterocycles. The first-order valence-electron chi connectivity index (χ1n) is 20.7. The Kier molecular flexibility index (Phi) is 36.0. The van der Waals surface area contributed by atoms with Crippen LogP contribution in [0.5, 0.6) is 0 Å². The van der Waals surface area contributed by atoms with Gasteiger partial charge in [0.2, 0.25) is 5.91 Å². The molecule has 0 radical (unpaired) electrons. The highest BCUT2D eigenvalue weighted by atomic mass is 16.5. The molecule has 0 saturated carbocycles. The number of carboxylic acid groups (broad SMARTS) is 1. The zero-order valence-corrected chi connectivity index (χ0v) is 31.4. The van der Waals surface area contributed by atoms with Gasteiger partial charge in [0.25, 0.3) is 0 Å². The van der Waals surface area contributed by atoms with Gasteiger partial charge in [0.05, 0.1) is 0 Å². The number of unbranched alkanes of at least 4 members (excludes halogenated alkanes) is 27. The lowest BCUT2D eigenvalue weighted by Gasteiger charge is -2.18. The lowest BCUT2D eigenvalue weighted by Crippen LogP contribution is -2.28. The molecule has 0 aromatic rings. The van der Waals surface area contributed by atoms with Crippen LogP contribution in [0.25, 0.3) is 0 Å². The molecule has 0 rings (SSSR count). The smallest absolute Gasteiger partial charge is 0.322 e. The number of carbonyl (C=O) groups excluding carboxylic acids is 2. The number of amides is 1. The van der Waals surface area contributed by atoms with Crippen molar-refractivity contribution in [1.82, 2.24) is 5.32 Å². The van der Waals surface area contributed by atoms with E-state index in [9.17, 15) is 14.4 Å². The van der Waals surface area contributed by atoms with Gasteiger partial charge in [-0.15, -0.1) is 0 Å². The molecular weight excluding hydrogens is 586 g/mol. The summed E-state index contributed by atoms with van der Waals surface area (Å²) >= 11 is 0. The number of carbonyl (C=O) groups is 3. The fourth-order valence-corrected chi connectivity index (χ4v) is 6.46. The molecule has 6 nitrogen and oxygen atoms in total. The van der Waals surface area contributed by atoms with Crippen molar-refractivity contribution in [2.24, 2.45) is 0 Å². The topological polar surface area (TPSA) is 92.7 Å². The minimum Gasteiger partial charge on any atom is -0.480 e. The summed E-state index contributed by atoms with van der Waals surface area (Å²) in [6.45, 7) is 4.24. The Morgan fingerprint density at radius 3 is 1.15 bits per heavy atom. The molecule has 0 heterocycles. The monoisotopic (exact) mass is 666 g/mol. The summed E-state index contributed by atoms with van der Waals surface area (Å²) in [6.07, 6.45) is 40.8. The number of esters is 1. The number of ether oxygens (including phenoxy) is 1. The van der Waals surface area contributed by atoms with Crippen LogP contribution in [0, 0.1) is 0 Å². The van der Waals surface area contributed by atoms with E-state index in [4.69, 9.17) is 9.84 Å². The van der Waals surface area contributed by atoms with Crippen LogP contribution in [0.2, 0.25) is 0 Å². The third kappa shape index (κ3) is 37.1. The van der Waals surface area contributed by atoms with Gasteiger partial charge in [0.15, 0.2) is 0 Å². The first-order valence-corrected chi connectivity index (χ1v) is 20.7. The summed E-state index contributed by atoms with van der Waals surface area (Å²) in [4.78, 5) is 34.9. The van der Waals surface area contributed by atoms with E-state index in [1.807, 2.05) is 0 Å². The van der Waals surface area contributed by atoms with Crippen LogP contribution in [-0.2, 0) is 19.1 Å². The highest BCUT2D eigenvalue weighted by molar-refractivity contribution is 5.80. The van der Waals surface area contributed by atoms with Gasteiger partial charge in [-0.2, -0.15) is 0 Å². The van der Waals surface area contributed by atoms with Crippen LogP contribution in [0.15, 0.2) is 0 Å². The van der Waals surface area contributed by atoms with E-state index in [1.165, 1.54) is 141 Å². The van der Waals surface area contributed by atoms with Gasteiger partial charge < -0.3 is 15.2 Å². The average molecular weight is 666 g/mol. The maximum absolute atomic E-state index is 12.7. The van der Waals surface area contributed by atoms with Crippen molar-refractivity contribution in [2.75, 3.05) is 6.54 Å². The summed E-state index contributed by atoms with van der Waals surface area (Å²) < 4.78 is 6.02. The van der Waals surface area contributed by atoms with Crippen LogP contribution in [-0.4, -0.2) is 35.6 Å². The Morgan fingerprint density at radius 2 is 0.787 bits per heavy atom. The quantitative estimate of drug-likeness (QED) is 0.0506. The lowest BCUT2D eigenvalue weighted by molar-refractivity contribution is -0.150. The molecule has 0 aromatic carbocycles. The summed E-state index contributed by atoms with van der Waals surface area (Å²) in [7, 11) is 0. The van der Waals surface area contributed by atoms with Gasteiger partial charge in [-0.3, -0.25) is 14.4 Å². The summed E-state index contributed by atoms with van der Waals surface area (Å²) in [5, 5.41) is 11.1. The maximum Gasteiger partial charge on any atom is 0.322 e. The normalized spacial score (nSPS) is 11.9. The second-order valence-corrected chi connectivity index (χ2v) is 14.3. The molecular formula is C41H79NO5. The number of rotatable bonds is 38. The highest BCUT2D eigenvalue weighted by Gasteiger charge is 2.14. The van der Waals surface area contributed by atoms with Gasteiger partial charge in [-0.1, -0.05) is 181 Å². The Bertz CT molecular complexity index is 697. The molecule has 6 heteroatoms. The van der Waals surface area contributed by atoms with E-state index < -0.39 is 5.97 Å². The van der Waals surface area contributed by atoms with Gasteiger partial charge >= 0.3 is 11.9 Å². The molecule has 0 aliphatic heterocycles. The first kappa shape index (κ1) is 45.4. The molecule has 1 amide bonds. The summed E-state index contributed by atoms with van der Waals surface area (Å²) in [5.41, 5.74) is 0. The van der Waals surface area contributed by atoms with Crippen LogP contribution >= 0.6 is 0 Å². The lowest BCUT2D eigenvalue weighted by atomic mass is 10.0. The van der Waals surface area contributed by atoms with E-state index in [1.54, 1.807) is 0 Å². The maximum atomic E-state index is 12.7. The zero-order valence-electron chi connectivity index (χ0n) is 31.4. The van der Waals surface area contributed by atoms with Crippen molar-refractivity contribution in [1.29, 1.82) is 0 Å². The third-order valence-corrected chi connectivity index (χ3v) is 9.53. The third-order valence-electron chi connectivity index (χ3n) is 9.53. The Balaban J connectivity index is 4.13.